The maximum absolute atomic E-state index is 14.2. The molecule has 0 fully saturated rings. The van der Waals surface area contributed by atoms with Crippen LogP contribution in [0.5, 0.6) is 11.5 Å². The first kappa shape index (κ1) is 111. The quantitative estimate of drug-likeness (QED) is 0.0402. The van der Waals surface area contributed by atoms with Gasteiger partial charge >= 0.3 is 34.1 Å². The van der Waals surface area contributed by atoms with Gasteiger partial charge in [0.15, 0.2) is 0 Å². The first-order chi connectivity index (χ1) is 50.5. The molecule has 14 N–H and O–H groups in total. The summed E-state index contributed by atoms with van der Waals surface area (Å²) < 4.78 is 186. The Bertz CT molecular complexity index is 4230. The molecule has 0 aliphatic rings. The molecule has 0 amide bonds. The van der Waals surface area contributed by atoms with Gasteiger partial charge < -0.3 is 37.6 Å². The minimum atomic E-state index is -4.94. The molecule has 0 bridgehead atoms. The number of rotatable bonds is 24. The van der Waals surface area contributed by atoms with E-state index < -0.39 is 91.7 Å². The standard InChI is InChI=1S/2C31H30N6O5S2.3C2H3N.2ClHO4.2Mn.5H2O/c2*1-24-18-29(43(39,40)36(20-25-10-2-6-14-32-25)21-26-11-3-7-15-33-26)31(38)30(19-24)44(41,42)37(22-27-12-4-8-16-34-27)23-28-13-5-9-17-35-28;3*1-2-3;2*2-1(3,4)5;;;;;;;/h2*2-19,38H,20-23H2,1H3;3*1H3;2*(H,2,3,4,5);;;5*1H2/q;;;;;;;2*+2;;;;;. The van der Waals surface area contributed by atoms with E-state index in [2.05, 4.69) is 39.9 Å². The molecular weight excluding hydrogens is 1700 g/mol. The summed E-state index contributed by atoms with van der Waals surface area (Å²) in [5.41, 5.74) is 4.10. The van der Waals surface area contributed by atoms with E-state index in [9.17, 15) is 43.9 Å². The first-order valence-electron chi connectivity index (χ1n) is 30.5. The number of hydrogen-bond donors (Lipinski definition) is 0. The van der Waals surface area contributed by atoms with Crippen LogP contribution in [0.4, 0.5) is 0 Å². The summed E-state index contributed by atoms with van der Waals surface area (Å²) in [5.74, 6) is -2.26. The van der Waals surface area contributed by atoms with Crippen molar-refractivity contribution in [2.24, 2.45) is 0 Å². The summed E-state index contributed by atoms with van der Waals surface area (Å²) in [5, 5.41) is 49.9. The molecular formula is C68H81Cl2Mn2N15O23S4+4. The molecule has 0 saturated carbocycles. The average Bonchev–Trinajstić information content (AvgIpc) is 0.758. The van der Waals surface area contributed by atoms with Crippen LogP contribution in [0, 0.1) is 68.3 Å². The summed E-state index contributed by atoms with van der Waals surface area (Å²) in [6.45, 7) is 6.05. The molecule has 8 heterocycles. The average molecular weight is 1790 g/mol. The van der Waals surface area contributed by atoms with Crippen molar-refractivity contribution in [2.45, 2.75) is 107 Å². The normalized spacial score (nSPS) is 10.6. The van der Waals surface area contributed by atoms with E-state index in [1.807, 2.05) is 0 Å². The third-order valence-electron chi connectivity index (χ3n) is 13.3. The van der Waals surface area contributed by atoms with E-state index in [4.69, 9.17) is 53.1 Å². The number of hydrogen-bond acceptors (Lipinski definition) is 29. The second-order valence-corrected chi connectivity index (χ2v) is 30.4. The fourth-order valence-electron chi connectivity index (χ4n) is 9.02. The Hall–Kier alpha value is -9.55. The van der Waals surface area contributed by atoms with E-state index in [1.54, 1.807) is 178 Å². The Labute approximate surface area is 683 Å². The molecule has 0 atom stereocenters. The number of halogens is 2. The van der Waals surface area contributed by atoms with Crippen LogP contribution in [0.1, 0.15) is 77.4 Å². The van der Waals surface area contributed by atoms with Gasteiger partial charge in [0, 0.05) is 70.3 Å². The zero-order chi connectivity index (χ0) is 79.4. The van der Waals surface area contributed by atoms with Crippen LogP contribution in [-0.4, -0.2) is 96.2 Å². The fourth-order valence-corrected chi connectivity index (χ4v) is 15.4. The van der Waals surface area contributed by atoms with Crippen LogP contribution in [-0.2, 0) is 148 Å². The number of sulfonamides is 4. The van der Waals surface area contributed by atoms with E-state index >= 15 is 0 Å². The summed E-state index contributed by atoms with van der Waals surface area (Å²) in [6.07, 6.45) is 12.3. The molecule has 0 spiro atoms. The molecule has 10 rings (SSSR count). The van der Waals surface area contributed by atoms with Gasteiger partial charge in [0.2, 0.25) is 40.1 Å². The van der Waals surface area contributed by atoms with E-state index in [1.165, 1.54) is 94.6 Å². The van der Waals surface area contributed by atoms with Crippen molar-refractivity contribution >= 4 is 40.1 Å². The van der Waals surface area contributed by atoms with Gasteiger partial charge in [-0.25, -0.2) is 70.9 Å². The molecule has 0 aliphatic heterocycles. The molecule has 8 aromatic heterocycles. The summed E-state index contributed by atoms with van der Waals surface area (Å²) in [6, 6.07) is 50.8. The van der Waals surface area contributed by atoms with Crippen molar-refractivity contribution < 1.29 is 163 Å². The number of pyridine rings is 8. The van der Waals surface area contributed by atoms with Crippen molar-refractivity contribution in [3.63, 3.8) is 0 Å². The molecule has 0 unspecified atom stereocenters. The van der Waals surface area contributed by atoms with Gasteiger partial charge in [-0.1, -0.05) is 60.0 Å². The first-order valence-corrected chi connectivity index (χ1v) is 38.8. The van der Waals surface area contributed by atoms with Gasteiger partial charge in [-0.3, -0.25) is 39.9 Å². The maximum atomic E-state index is 14.2. The van der Waals surface area contributed by atoms with Crippen molar-refractivity contribution in [3.05, 3.63) is 276 Å². The molecule has 0 saturated heterocycles. The van der Waals surface area contributed by atoms with Gasteiger partial charge in [0.05, 0.1) is 136 Å². The molecule has 2 aromatic carbocycles. The maximum Gasteiger partial charge on any atom is 2.00 e. The van der Waals surface area contributed by atoms with Crippen molar-refractivity contribution in [1.82, 2.24) is 57.1 Å². The molecule has 46 heteroatoms. The molecule has 114 heavy (non-hydrogen) atoms. The molecule has 614 valence electrons. The Morgan fingerprint density at radius 3 is 0.518 bits per heavy atom. The Kier molecular flexibility index (Phi) is 52.7. The van der Waals surface area contributed by atoms with Gasteiger partial charge in [-0.05, 0) is 146 Å². The predicted molar refractivity (Wildman–Crippen MR) is 378 cm³/mol. The minimum Gasteiger partial charge on any atom is -0.871 e. The van der Waals surface area contributed by atoms with Gasteiger partial charge in [-0.2, -0.15) is 33.0 Å². The molecule has 2 radical (unpaired) electrons. The molecule has 0 aliphatic carbocycles. The van der Waals surface area contributed by atoms with Gasteiger partial charge in [0.1, 0.15) is 0 Å². The van der Waals surface area contributed by atoms with Crippen LogP contribution in [0.25, 0.3) is 0 Å². The van der Waals surface area contributed by atoms with E-state index in [0.29, 0.717) is 45.6 Å². The molecule has 38 nitrogen and oxygen atoms in total. The van der Waals surface area contributed by atoms with Crippen LogP contribution in [0.15, 0.2) is 239 Å². The van der Waals surface area contributed by atoms with E-state index in [-0.39, 0.29) is 125 Å². The van der Waals surface area contributed by atoms with Crippen LogP contribution in [0.2, 0.25) is 0 Å². The van der Waals surface area contributed by atoms with Crippen molar-refractivity contribution in [3.8, 4) is 29.7 Å². The van der Waals surface area contributed by atoms with Gasteiger partial charge in [0.25, 0.3) is 0 Å². The van der Waals surface area contributed by atoms with Gasteiger partial charge in [-0.15, -0.1) is 20.5 Å². The Morgan fingerprint density at radius 1 is 0.307 bits per heavy atom. The van der Waals surface area contributed by atoms with Crippen LogP contribution >= 0.6 is 0 Å². The minimum absolute atomic E-state index is 0. The predicted octanol–water partition coefficient (Wildman–Crippen LogP) is -5.58. The third kappa shape index (κ3) is 38.1. The SMILES string of the molecule is CC#N.CC#N.CC#N.Cc1cc(S(=O)(=O)N(Cc2ccccn2)Cc2ccccn2)c([O-])c(S(=O)(=O)N(Cc2ccccn2)Cc2ccccn2)c1.Cc1cc(S(=O)(=O)N(Cc2ccccn2)Cc2ccccn2)c([O-])c(S(=O)(=O)N(Cc2ccccn2)Cc2ccccn2)c1.O.[Mn+2].[Mn+2].[O-][Cl+3]([O-])([O-])[O-].[O-][Cl+3]([O-])([O-])[O-].[OH3+].[OH3+].[OH3+].[OH3+]. The Morgan fingerprint density at radius 2 is 0.421 bits per heavy atom. The largest absolute Gasteiger partial charge is 2.00 e. The van der Waals surface area contributed by atoms with E-state index in [0.717, 1.165) is 17.2 Å². The van der Waals surface area contributed by atoms with Crippen molar-refractivity contribution in [2.75, 3.05) is 0 Å². The zero-order valence-electron chi connectivity index (χ0n) is 61.0. The van der Waals surface area contributed by atoms with Crippen LogP contribution < -0.4 is 47.5 Å². The monoisotopic (exact) mass is 1780 g/mol. The second-order valence-electron chi connectivity index (χ2n) is 21.3. The second kappa shape index (κ2) is 54.3. The fraction of sp³-hybridized carbons (Fsp3) is 0.191. The number of aryl methyl sites for hydroxylation is 2. The summed E-state index contributed by atoms with van der Waals surface area (Å²) in [4.78, 5) is 31.4. The molecule has 10 aromatic rings. The van der Waals surface area contributed by atoms with Crippen LogP contribution in [0.3, 0.4) is 0 Å². The smallest absolute Gasteiger partial charge is 0.871 e. The van der Waals surface area contributed by atoms with Crippen molar-refractivity contribution in [1.29, 1.82) is 15.8 Å². The summed E-state index contributed by atoms with van der Waals surface area (Å²) in [7, 11) is -28.1. The number of aromatic nitrogens is 8. The summed E-state index contributed by atoms with van der Waals surface area (Å²) >= 11 is 0. The number of nitriles is 3. The number of benzene rings is 2. The zero-order valence-corrected chi connectivity index (χ0v) is 68.1. The topological polar surface area (TPSA) is 718 Å². The third-order valence-corrected chi connectivity index (χ3v) is 20.5. The Balaban J connectivity index is -0.000000824. The number of nitrogens with zero attached hydrogens (tertiary/aromatic N) is 15.